The molecule has 1 atom stereocenters. The molecule has 2 saturated heterocycles. The van der Waals surface area contributed by atoms with E-state index in [4.69, 9.17) is 14.4 Å². The van der Waals surface area contributed by atoms with Gasteiger partial charge in [0.2, 0.25) is 17.7 Å². The number of carboxylic acids is 1. The number of carbonyl (C=O) groups is 4. The molecule has 330 valence electrons. The summed E-state index contributed by atoms with van der Waals surface area (Å²) in [4.78, 5) is 55.5. The van der Waals surface area contributed by atoms with Crippen LogP contribution in [0.15, 0.2) is 65.6 Å². The normalized spacial score (nSPS) is 16.8. The molecular weight excluding hydrogens is 827 g/mol. The summed E-state index contributed by atoms with van der Waals surface area (Å²) in [6, 6.07) is 14.2. The van der Waals surface area contributed by atoms with Crippen molar-refractivity contribution < 1.29 is 55.2 Å². The van der Waals surface area contributed by atoms with Crippen LogP contribution in [0.5, 0.6) is 0 Å². The predicted octanol–water partition coefficient (Wildman–Crippen LogP) is 6.75. The van der Waals surface area contributed by atoms with Gasteiger partial charge < -0.3 is 14.9 Å². The number of piperidine rings is 2. The number of carboxylic acid groups (broad SMARTS) is 1. The molecule has 0 spiro atoms. The van der Waals surface area contributed by atoms with Crippen molar-refractivity contribution in [1.29, 1.82) is 0 Å². The maximum Gasteiger partial charge on any atom is 0.490 e. The minimum atomic E-state index is -5.08. The number of aromatic nitrogens is 5. The Labute approximate surface area is 351 Å². The van der Waals surface area contributed by atoms with Crippen LogP contribution >= 0.6 is 0 Å². The minimum Gasteiger partial charge on any atom is -0.475 e. The van der Waals surface area contributed by atoms with Crippen LogP contribution in [0.1, 0.15) is 103 Å². The number of hydrogen-bond acceptors (Lipinski definition) is 10. The number of fused-ring (bicyclic) bond motifs is 1. The largest absolute Gasteiger partial charge is 0.490 e. The molecule has 0 saturated carbocycles. The van der Waals surface area contributed by atoms with Gasteiger partial charge in [0.15, 0.2) is 0 Å². The number of nitrogens with zero attached hydrogens (tertiary/aromatic N) is 6. The summed E-state index contributed by atoms with van der Waals surface area (Å²) < 4.78 is 84.3. The molecular formula is C42H44F6N8O6. The number of carbonyl (C=O) groups excluding carboxylic acids is 3. The average Bonchev–Trinajstić information content (AvgIpc) is 3.89. The minimum absolute atomic E-state index is 0.104. The standard InChI is InChI=1S/C40H43F3N8O4.C2HF3O2/c1-39(2,3)38-48-35(49-55-38)37(54)44-20-29-9-8-28(19-31(29)41)34-32-18-24(21-51(32)46-23-45-34)12-15-40(42,43)22-50-16-13-26(14-17-50)25-4-6-27(7-5-25)30-10-11-33(52)47-36(30)53;3-2(4,5)1(6)7/h4-9,18-19,21,23,26,30H,10-17,20,22H2,1-3H3,(H,44,54)(H,47,52,53);(H,6,7). The van der Waals surface area contributed by atoms with Gasteiger partial charge in [-0.05, 0) is 73.5 Å². The number of halogens is 6. The van der Waals surface area contributed by atoms with E-state index in [-0.39, 0.29) is 61.0 Å². The molecule has 3 amide bonds. The van der Waals surface area contributed by atoms with E-state index in [0.717, 1.165) is 24.0 Å². The maximum absolute atomic E-state index is 15.3. The van der Waals surface area contributed by atoms with Gasteiger partial charge in [-0.25, -0.2) is 27.5 Å². The van der Waals surface area contributed by atoms with Crippen molar-refractivity contribution in [1.82, 2.24) is 40.3 Å². The van der Waals surface area contributed by atoms with E-state index in [1.165, 1.54) is 12.4 Å². The molecule has 2 aliphatic heterocycles. The van der Waals surface area contributed by atoms with E-state index < -0.39 is 35.2 Å². The van der Waals surface area contributed by atoms with Gasteiger partial charge in [0.1, 0.15) is 12.1 Å². The van der Waals surface area contributed by atoms with Crippen LogP contribution in [0.4, 0.5) is 26.3 Å². The van der Waals surface area contributed by atoms with Crippen LogP contribution in [0.2, 0.25) is 0 Å². The molecule has 3 N–H and O–H groups in total. The van der Waals surface area contributed by atoms with E-state index >= 15 is 13.2 Å². The highest BCUT2D eigenvalue weighted by molar-refractivity contribution is 6.01. The van der Waals surface area contributed by atoms with Gasteiger partial charge in [-0.2, -0.15) is 23.3 Å². The second kappa shape index (κ2) is 18.4. The summed E-state index contributed by atoms with van der Waals surface area (Å²) in [7, 11) is 0. The number of hydrogen-bond donors (Lipinski definition) is 3. The third kappa shape index (κ3) is 11.4. The Hall–Kier alpha value is -6.18. The van der Waals surface area contributed by atoms with Crippen molar-refractivity contribution in [2.24, 2.45) is 0 Å². The van der Waals surface area contributed by atoms with Crippen LogP contribution in [-0.4, -0.2) is 90.2 Å². The highest BCUT2D eigenvalue weighted by Crippen LogP contribution is 2.33. The zero-order chi connectivity index (χ0) is 45.0. The highest BCUT2D eigenvalue weighted by Gasteiger charge is 2.38. The van der Waals surface area contributed by atoms with Gasteiger partial charge in [-0.1, -0.05) is 62.3 Å². The number of imide groups is 1. The first-order chi connectivity index (χ1) is 29.2. The third-order valence-corrected chi connectivity index (χ3v) is 10.6. The molecule has 0 radical (unpaired) electrons. The van der Waals surface area contributed by atoms with Gasteiger partial charge in [-0.15, -0.1) is 0 Å². The Morgan fingerprint density at radius 2 is 1.65 bits per heavy atom. The average molecular weight is 871 g/mol. The summed E-state index contributed by atoms with van der Waals surface area (Å²) >= 11 is 0. The molecule has 2 aliphatic rings. The number of nitrogens with one attached hydrogen (secondary N) is 2. The number of likely N-dealkylation sites (tertiary alicyclic amines) is 1. The summed E-state index contributed by atoms with van der Waals surface area (Å²) in [6.07, 6.45) is 0.0623. The van der Waals surface area contributed by atoms with Gasteiger partial charge in [-0.3, -0.25) is 24.6 Å². The topological polar surface area (TPSA) is 185 Å². The smallest absolute Gasteiger partial charge is 0.475 e. The van der Waals surface area contributed by atoms with Crippen molar-refractivity contribution in [2.75, 3.05) is 19.6 Å². The first-order valence-corrected chi connectivity index (χ1v) is 19.7. The Morgan fingerprint density at radius 3 is 2.26 bits per heavy atom. The Kier molecular flexibility index (Phi) is 13.5. The van der Waals surface area contributed by atoms with Crippen molar-refractivity contribution in [3.8, 4) is 11.3 Å². The number of rotatable bonds is 11. The monoisotopic (exact) mass is 870 g/mol. The number of amides is 3. The summed E-state index contributed by atoms with van der Waals surface area (Å²) in [6.45, 7) is 6.32. The third-order valence-electron chi connectivity index (χ3n) is 10.6. The number of benzene rings is 2. The number of aliphatic carboxylic acids is 1. The van der Waals surface area contributed by atoms with E-state index in [0.29, 0.717) is 54.2 Å². The van der Waals surface area contributed by atoms with Crippen LogP contribution in [-0.2, 0) is 32.8 Å². The van der Waals surface area contributed by atoms with Crippen LogP contribution < -0.4 is 10.6 Å². The molecule has 14 nitrogen and oxygen atoms in total. The lowest BCUT2D eigenvalue weighted by molar-refractivity contribution is -0.192. The molecule has 3 aromatic heterocycles. The zero-order valence-corrected chi connectivity index (χ0v) is 33.9. The van der Waals surface area contributed by atoms with Crippen molar-refractivity contribution >= 4 is 29.2 Å². The predicted molar refractivity (Wildman–Crippen MR) is 209 cm³/mol. The van der Waals surface area contributed by atoms with Crippen molar-refractivity contribution in [2.45, 2.75) is 95.2 Å². The molecule has 5 aromatic rings. The fourth-order valence-electron chi connectivity index (χ4n) is 7.23. The van der Waals surface area contributed by atoms with Crippen LogP contribution in [0.25, 0.3) is 16.8 Å². The second-order valence-electron chi connectivity index (χ2n) is 16.3. The second-order valence-corrected chi connectivity index (χ2v) is 16.3. The summed E-state index contributed by atoms with van der Waals surface area (Å²) in [5.41, 5.74) is 3.96. The first-order valence-electron chi connectivity index (χ1n) is 19.7. The molecule has 0 aliphatic carbocycles. The Bertz CT molecular complexity index is 2420. The number of alkyl halides is 5. The lowest BCUT2D eigenvalue weighted by Gasteiger charge is -2.34. The van der Waals surface area contributed by atoms with E-state index in [9.17, 15) is 27.6 Å². The molecule has 1 unspecified atom stereocenters. The lowest BCUT2D eigenvalue weighted by Crippen LogP contribution is -2.41. The zero-order valence-electron chi connectivity index (χ0n) is 33.9. The molecule has 5 heterocycles. The van der Waals surface area contributed by atoms with Crippen LogP contribution in [0.3, 0.4) is 0 Å². The van der Waals surface area contributed by atoms with E-state index in [1.807, 2.05) is 49.9 Å². The Morgan fingerprint density at radius 1 is 0.968 bits per heavy atom. The van der Waals surface area contributed by atoms with E-state index in [2.05, 4.69) is 30.9 Å². The van der Waals surface area contributed by atoms with Crippen LogP contribution in [0, 0.1) is 5.82 Å². The van der Waals surface area contributed by atoms with Gasteiger partial charge in [0.25, 0.3) is 17.7 Å². The van der Waals surface area contributed by atoms with E-state index in [1.54, 1.807) is 28.9 Å². The van der Waals surface area contributed by atoms with Gasteiger partial charge >= 0.3 is 12.1 Å². The van der Waals surface area contributed by atoms with Crippen molar-refractivity contribution in [3.63, 3.8) is 0 Å². The Balaban J connectivity index is 0.000000845. The lowest BCUT2D eigenvalue weighted by atomic mass is 9.86. The van der Waals surface area contributed by atoms with Crippen molar-refractivity contribution in [3.05, 3.63) is 101 Å². The SMILES string of the molecule is CC(C)(C)c1nc(C(=O)NCc2ccc(-c3ncnn4cc(CCC(F)(F)CN5CCC(c6ccc(C7CCC(=O)NC7=O)cc6)CC5)cc34)cc2F)no1.O=C(O)C(F)(F)F. The summed E-state index contributed by atoms with van der Waals surface area (Å²) in [5.74, 6) is -7.23. The maximum atomic E-state index is 15.3. The quantitative estimate of drug-likeness (QED) is 0.0943. The molecule has 7 rings (SSSR count). The highest BCUT2D eigenvalue weighted by atomic mass is 19.4. The molecule has 0 bridgehead atoms. The first kappa shape index (κ1) is 45.3. The van der Waals surface area contributed by atoms with Gasteiger partial charge in [0, 0.05) is 42.1 Å². The fourth-order valence-corrected chi connectivity index (χ4v) is 7.23. The molecule has 20 heteroatoms. The van der Waals surface area contributed by atoms with Gasteiger partial charge in [0.05, 0.1) is 23.7 Å². The molecule has 2 aromatic carbocycles. The summed E-state index contributed by atoms with van der Waals surface area (Å²) in [5, 5.41) is 20.1. The molecule has 62 heavy (non-hydrogen) atoms. The molecule has 2 fully saturated rings. The number of aryl methyl sites for hydroxylation is 1. The fraction of sp³-hybridized carbons (Fsp3) is 0.429.